The zero-order valence-electron chi connectivity index (χ0n) is 10.2. The molecule has 0 aliphatic heterocycles. The lowest BCUT2D eigenvalue weighted by atomic mass is 10.1. The fraction of sp³-hybridized carbons (Fsp3) is 0.400. The standard InChI is InChI=1S/C10H7F6NO4/c1-20-6(18)2-4-7(19)5(21-10(14,15)16)3-17-8(4)9(11,12)13/h3H,2H2,1H3,(H,17,19). The Morgan fingerprint density at radius 2 is 1.81 bits per heavy atom. The summed E-state index contributed by atoms with van der Waals surface area (Å²) in [4.78, 5) is 24.1. The number of H-pyrrole nitrogens is 1. The van der Waals surface area contributed by atoms with Crippen LogP contribution >= 0.6 is 0 Å². The first-order chi connectivity index (χ1) is 9.45. The van der Waals surface area contributed by atoms with Gasteiger partial charge in [0.1, 0.15) is 5.69 Å². The van der Waals surface area contributed by atoms with Crippen LogP contribution in [-0.4, -0.2) is 24.4 Å². The zero-order chi connectivity index (χ0) is 16.4. The minimum atomic E-state index is -5.27. The van der Waals surface area contributed by atoms with Gasteiger partial charge in [-0.3, -0.25) is 9.59 Å². The largest absolute Gasteiger partial charge is 0.573 e. The van der Waals surface area contributed by atoms with Gasteiger partial charge in [0, 0.05) is 11.8 Å². The van der Waals surface area contributed by atoms with Crippen LogP contribution in [0.5, 0.6) is 5.75 Å². The van der Waals surface area contributed by atoms with Crippen molar-refractivity contribution in [2.24, 2.45) is 0 Å². The van der Waals surface area contributed by atoms with Crippen LogP contribution in [0.4, 0.5) is 26.3 Å². The first-order valence-corrected chi connectivity index (χ1v) is 5.10. The molecule has 5 nitrogen and oxygen atoms in total. The number of aromatic amines is 1. The van der Waals surface area contributed by atoms with E-state index in [1.807, 2.05) is 0 Å². The first kappa shape index (κ1) is 16.9. The molecule has 0 saturated carbocycles. The molecule has 11 heteroatoms. The number of nitrogens with one attached hydrogen (secondary N) is 1. The summed E-state index contributed by atoms with van der Waals surface area (Å²) < 4.78 is 81.5. The summed E-state index contributed by atoms with van der Waals surface area (Å²) in [6.07, 6.45) is -11.4. The van der Waals surface area contributed by atoms with E-state index in [0.717, 1.165) is 7.11 Å². The number of pyridine rings is 1. The van der Waals surface area contributed by atoms with Crippen LogP contribution < -0.4 is 10.2 Å². The van der Waals surface area contributed by atoms with E-state index >= 15 is 0 Å². The van der Waals surface area contributed by atoms with Crippen LogP contribution in [0.3, 0.4) is 0 Å². The van der Waals surface area contributed by atoms with Crippen LogP contribution in [0.2, 0.25) is 0 Å². The summed E-state index contributed by atoms with van der Waals surface area (Å²) in [5, 5.41) is 0. The van der Waals surface area contributed by atoms with Crippen LogP contribution in [0.1, 0.15) is 11.3 Å². The molecular formula is C10H7F6NO4. The highest BCUT2D eigenvalue weighted by Crippen LogP contribution is 2.31. The molecule has 1 aromatic rings. The minimum absolute atomic E-state index is 0.124. The molecule has 1 rings (SSSR count). The van der Waals surface area contributed by atoms with E-state index in [1.54, 1.807) is 0 Å². The molecule has 1 aromatic heterocycles. The third kappa shape index (κ3) is 4.39. The van der Waals surface area contributed by atoms with Crippen molar-refractivity contribution in [2.75, 3.05) is 7.11 Å². The number of aromatic nitrogens is 1. The SMILES string of the molecule is COC(=O)Cc1c(C(F)(F)F)[nH]cc(OC(F)(F)F)c1=O. The number of methoxy groups -OCH3 is 1. The quantitative estimate of drug-likeness (QED) is 0.683. The highest BCUT2D eigenvalue weighted by Gasteiger charge is 2.38. The van der Waals surface area contributed by atoms with Gasteiger partial charge in [-0.1, -0.05) is 0 Å². The van der Waals surface area contributed by atoms with E-state index in [9.17, 15) is 35.9 Å². The number of halogens is 6. The normalized spacial score (nSPS) is 12.1. The Labute approximate surface area is 112 Å². The Bertz CT molecular complexity index is 589. The van der Waals surface area contributed by atoms with Crippen molar-refractivity contribution in [1.29, 1.82) is 0 Å². The monoisotopic (exact) mass is 319 g/mol. The number of alkyl halides is 6. The maximum absolute atomic E-state index is 12.7. The number of esters is 1. The summed E-state index contributed by atoms with van der Waals surface area (Å²) in [6, 6.07) is 0. The molecule has 118 valence electrons. The molecule has 0 aliphatic carbocycles. The van der Waals surface area contributed by atoms with Crippen LogP contribution in [0.15, 0.2) is 11.0 Å². The van der Waals surface area contributed by atoms with E-state index in [2.05, 4.69) is 9.47 Å². The molecule has 0 radical (unpaired) electrons. The fourth-order valence-electron chi connectivity index (χ4n) is 1.39. The average molecular weight is 319 g/mol. The lowest BCUT2D eigenvalue weighted by molar-refractivity contribution is -0.275. The van der Waals surface area contributed by atoms with Crippen molar-refractivity contribution >= 4 is 5.97 Å². The van der Waals surface area contributed by atoms with Crippen molar-refractivity contribution in [3.05, 3.63) is 27.7 Å². The van der Waals surface area contributed by atoms with Gasteiger partial charge in [0.2, 0.25) is 5.43 Å². The zero-order valence-corrected chi connectivity index (χ0v) is 10.2. The third-order valence-electron chi connectivity index (χ3n) is 2.21. The lowest BCUT2D eigenvalue weighted by Crippen LogP contribution is -2.28. The summed E-state index contributed by atoms with van der Waals surface area (Å²) >= 11 is 0. The molecule has 0 spiro atoms. The molecule has 0 fully saturated rings. The van der Waals surface area contributed by atoms with Crippen molar-refractivity contribution in [2.45, 2.75) is 19.0 Å². The second-order valence-electron chi connectivity index (χ2n) is 3.63. The maximum Gasteiger partial charge on any atom is 0.573 e. The fourth-order valence-corrected chi connectivity index (χ4v) is 1.39. The number of carbonyl (C=O) groups excluding carboxylic acids is 1. The van der Waals surface area contributed by atoms with Gasteiger partial charge in [-0.25, -0.2) is 0 Å². The molecule has 1 heterocycles. The van der Waals surface area contributed by atoms with Gasteiger partial charge in [-0.05, 0) is 0 Å². The Kier molecular flexibility index (Phi) is 4.54. The van der Waals surface area contributed by atoms with Gasteiger partial charge in [0.25, 0.3) is 0 Å². The highest BCUT2D eigenvalue weighted by molar-refractivity contribution is 5.72. The summed E-state index contributed by atoms with van der Waals surface area (Å²) in [6.45, 7) is 0. The van der Waals surface area contributed by atoms with E-state index in [4.69, 9.17) is 0 Å². The Hall–Kier alpha value is -2.20. The second kappa shape index (κ2) is 5.66. The molecule has 0 amide bonds. The van der Waals surface area contributed by atoms with Crippen LogP contribution in [-0.2, 0) is 22.1 Å². The van der Waals surface area contributed by atoms with E-state index in [0.29, 0.717) is 0 Å². The first-order valence-electron chi connectivity index (χ1n) is 5.10. The molecule has 0 bridgehead atoms. The van der Waals surface area contributed by atoms with Gasteiger partial charge in [-0.15, -0.1) is 13.2 Å². The maximum atomic E-state index is 12.7. The molecule has 21 heavy (non-hydrogen) atoms. The number of hydrogen-bond donors (Lipinski definition) is 1. The van der Waals surface area contributed by atoms with Crippen molar-refractivity contribution in [1.82, 2.24) is 4.98 Å². The van der Waals surface area contributed by atoms with Crippen molar-refractivity contribution in [3.63, 3.8) is 0 Å². The molecule has 0 aliphatic rings. The molecule has 0 saturated heterocycles. The number of rotatable bonds is 3. The van der Waals surface area contributed by atoms with Gasteiger partial charge in [-0.2, -0.15) is 13.2 Å². The van der Waals surface area contributed by atoms with E-state index in [-0.39, 0.29) is 6.20 Å². The predicted molar refractivity (Wildman–Crippen MR) is 54.5 cm³/mol. The van der Waals surface area contributed by atoms with Gasteiger partial charge in [0.15, 0.2) is 5.75 Å². The third-order valence-corrected chi connectivity index (χ3v) is 2.21. The summed E-state index contributed by atoms with van der Waals surface area (Å²) in [5.74, 6) is -2.63. The van der Waals surface area contributed by atoms with Crippen molar-refractivity contribution < 1.29 is 40.6 Å². The summed E-state index contributed by atoms with van der Waals surface area (Å²) in [7, 11) is 0.847. The Balaban J connectivity index is 3.41. The van der Waals surface area contributed by atoms with Gasteiger partial charge in [0.05, 0.1) is 13.5 Å². The molecular weight excluding hydrogens is 312 g/mol. The number of ether oxygens (including phenoxy) is 2. The number of carbonyl (C=O) groups is 1. The number of hydrogen-bond acceptors (Lipinski definition) is 4. The van der Waals surface area contributed by atoms with Crippen LogP contribution in [0, 0.1) is 0 Å². The predicted octanol–water partition coefficient (Wildman–Crippen LogP) is 2.01. The lowest BCUT2D eigenvalue weighted by Gasteiger charge is -2.14. The topological polar surface area (TPSA) is 68.4 Å². The molecule has 1 N–H and O–H groups in total. The average Bonchev–Trinajstić information content (AvgIpc) is 2.30. The molecule has 0 aromatic carbocycles. The minimum Gasteiger partial charge on any atom is -0.469 e. The van der Waals surface area contributed by atoms with Gasteiger partial charge >= 0.3 is 18.5 Å². The van der Waals surface area contributed by atoms with Gasteiger partial charge < -0.3 is 14.5 Å². The Morgan fingerprint density at radius 3 is 2.24 bits per heavy atom. The Morgan fingerprint density at radius 1 is 1.24 bits per heavy atom. The molecule has 0 atom stereocenters. The van der Waals surface area contributed by atoms with Crippen molar-refractivity contribution in [3.8, 4) is 5.75 Å². The smallest absolute Gasteiger partial charge is 0.469 e. The van der Waals surface area contributed by atoms with E-state index < -0.39 is 47.4 Å². The van der Waals surface area contributed by atoms with E-state index in [1.165, 1.54) is 4.98 Å². The van der Waals surface area contributed by atoms with Crippen LogP contribution in [0.25, 0.3) is 0 Å². The summed E-state index contributed by atoms with van der Waals surface area (Å²) in [5.41, 5.74) is -4.58. The molecule has 0 unspecified atom stereocenters. The highest BCUT2D eigenvalue weighted by atomic mass is 19.4. The second-order valence-corrected chi connectivity index (χ2v) is 3.63.